The summed E-state index contributed by atoms with van der Waals surface area (Å²) in [5.41, 5.74) is 23.6. The summed E-state index contributed by atoms with van der Waals surface area (Å²) in [4.78, 5) is 32.0. The summed E-state index contributed by atoms with van der Waals surface area (Å²) in [5, 5.41) is 33.0. The van der Waals surface area contributed by atoms with Gasteiger partial charge in [-0.3, -0.25) is 13.7 Å². The lowest BCUT2D eigenvalue weighted by Crippen LogP contribution is -2.03. The molecule has 0 fully saturated rings. The largest absolute Gasteiger partial charge is 0.456 e. The Kier molecular flexibility index (Phi) is 15.8. The molecule has 0 amide bonds. The maximum absolute atomic E-state index is 6.60. The molecule has 0 saturated carbocycles. The fourth-order valence-electron chi connectivity index (χ4n) is 23.3. The van der Waals surface area contributed by atoms with Gasteiger partial charge in [0.15, 0.2) is 5.82 Å². The molecule has 0 radical (unpaired) electrons. The molecule has 23 aromatic carbocycles. The van der Waals surface area contributed by atoms with Gasteiger partial charge >= 0.3 is 0 Å². The van der Waals surface area contributed by atoms with Crippen LogP contribution in [0.1, 0.15) is 0 Å². The Bertz CT molecular complexity index is 11100. The molecule has 0 aliphatic carbocycles. The van der Waals surface area contributed by atoms with Crippen LogP contribution < -0.4 is 0 Å². The molecule has 0 aliphatic heterocycles. The Morgan fingerprint density at radius 3 is 0.978 bits per heavy atom. The first kappa shape index (κ1) is 75.9. The maximum atomic E-state index is 6.60. The van der Waals surface area contributed by atoms with Crippen molar-refractivity contribution in [2.24, 2.45) is 0 Å². The Hall–Kier alpha value is -18.6. The highest BCUT2D eigenvalue weighted by atomic mass is 32.1. The van der Waals surface area contributed by atoms with Gasteiger partial charge in [0.05, 0.1) is 66.6 Å². The van der Waals surface area contributed by atoms with Gasteiger partial charge in [-0.05, 0) is 185 Å². The van der Waals surface area contributed by atoms with Crippen molar-refractivity contribution in [2.75, 3.05) is 0 Å². The van der Waals surface area contributed by atoms with Gasteiger partial charge in [-0.15, -0.1) is 11.3 Å². The molecule has 12 nitrogen and oxygen atoms in total. The van der Waals surface area contributed by atoms with Crippen LogP contribution in [-0.4, -0.2) is 43.6 Å². The van der Waals surface area contributed by atoms with Crippen molar-refractivity contribution in [3.05, 3.63) is 419 Å². The summed E-state index contributed by atoms with van der Waals surface area (Å²) in [5.74, 6) is 2.12. The van der Waals surface area contributed by atoms with E-state index in [0.717, 1.165) is 177 Å². The average Bonchev–Trinajstić information content (AvgIpc) is 1.54. The van der Waals surface area contributed by atoms with Gasteiger partial charge in [0.2, 0.25) is 11.9 Å². The average molecular weight is 1790 g/mol. The molecule has 0 bridgehead atoms. The normalized spacial score (nSPS) is 12.3. The minimum atomic E-state index is 0.644. The molecule has 0 unspecified atom stereocenters. The summed E-state index contributed by atoms with van der Waals surface area (Å²) < 4.78 is 29.0. The Morgan fingerprint density at radius 1 is 0.180 bits per heavy atom. The van der Waals surface area contributed by atoms with Crippen LogP contribution in [0.25, 0.3) is 311 Å². The van der Waals surface area contributed by atoms with Gasteiger partial charge in [-0.1, -0.05) is 309 Å². The van der Waals surface area contributed by atoms with Crippen molar-refractivity contribution < 1.29 is 13.3 Å². The van der Waals surface area contributed by atoms with E-state index in [1.165, 1.54) is 123 Å². The van der Waals surface area contributed by atoms with Crippen LogP contribution in [-0.2, 0) is 0 Å². The molecule has 0 atom stereocenters. The Morgan fingerprint density at radius 2 is 0.504 bits per heavy atom. The number of benzene rings is 20. The third-order valence-electron chi connectivity index (χ3n) is 29.1. The second-order valence-electron chi connectivity index (χ2n) is 36.3. The van der Waals surface area contributed by atoms with E-state index in [2.05, 4.69) is 408 Å². The number of para-hydroxylation sites is 4. The van der Waals surface area contributed by atoms with Crippen molar-refractivity contribution in [1.29, 1.82) is 0 Å². The van der Waals surface area contributed by atoms with Crippen molar-refractivity contribution in [3.8, 4) is 62.6 Å². The van der Waals surface area contributed by atoms with E-state index in [0.29, 0.717) is 11.9 Å². The highest BCUT2D eigenvalue weighted by molar-refractivity contribution is 7.26. The fourth-order valence-corrected chi connectivity index (χ4v) is 24.6. The summed E-state index contributed by atoms with van der Waals surface area (Å²) >= 11 is 1.82. The number of nitrogens with zero attached hydrogens (tertiary/aromatic N) is 9. The van der Waals surface area contributed by atoms with Gasteiger partial charge in [0, 0.05) is 112 Å². The van der Waals surface area contributed by atoms with Crippen LogP contribution in [0.15, 0.2) is 432 Å². The van der Waals surface area contributed by atoms with E-state index < -0.39 is 0 Å². The maximum Gasteiger partial charge on any atom is 0.235 e. The zero-order valence-electron chi connectivity index (χ0n) is 74.0. The first-order valence-electron chi connectivity index (χ1n) is 47.0. The lowest BCUT2D eigenvalue weighted by Gasteiger charge is -2.14. The zero-order chi connectivity index (χ0) is 90.5. The molecular weight excluding hydrogens is 1720 g/mol. The topological polar surface area (TPSA) is 132 Å². The second-order valence-corrected chi connectivity index (χ2v) is 37.4. The molecule has 13 heteroatoms. The van der Waals surface area contributed by atoms with Crippen LogP contribution in [0.2, 0.25) is 0 Å². The number of fused-ring (bicyclic) bond motifs is 15. The van der Waals surface area contributed by atoms with Crippen molar-refractivity contribution in [1.82, 2.24) is 43.6 Å². The third kappa shape index (κ3) is 10.9. The number of hydrogen-bond acceptors (Lipinski definition) is 10. The lowest BCUT2D eigenvalue weighted by atomic mass is 9.95. The number of aromatic nitrogens is 9. The molecular formula is C126H69N9O3S. The second kappa shape index (κ2) is 29.0. The number of hydrogen-bond donors (Lipinski definition) is 0. The zero-order valence-corrected chi connectivity index (χ0v) is 74.8. The van der Waals surface area contributed by atoms with E-state index in [-0.39, 0.29) is 0 Å². The number of thiophene rings is 1. The summed E-state index contributed by atoms with van der Waals surface area (Å²) in [6.07, 6.45) is 0. The predicted octanol–water partition coefficient (Wildman–Crippen LogP) is 34.1. The van der Waals surface area contributed by atoms with Crippen molar-refractivity contribution in [3.63, 3.8) is 0 Å². The predicted molar refractivity (Wildman–Crippen MR) is 577 cm³/mol. The fraction of sp³-hybridized carbons (Fsp3) is 0. The summed E-state index contributed by atoms with van der Waals surface area (Å²) in [7, 11) is 0. The van der Waals surface area contributed by atoms with Gasteiger partial charge in [0.25, 0.3) is 0 Å². The van der Waals surface area contributed by atoms with Crippen molar-refractivity contribution in [2.45, 2.75) is 0 Å². The Balaban J connectivity index is 0.0000000966. The first-order chi connectivity index (χ1) is 69.0. The quantitative estimate of drug-likeness (QED) is 0.153. The van der Waals surface area contributed by atoms with E-state index >= 15 is 0 Å². The minimum Gasteiger partial charge on any atom is -0.456 e. The van der Waals surface area contributed by atoms with Crippen LogP contribution >= 0.6 is 11.3 Å². The summed E-state index contributed by atoms with van der Waals surface area (Å²) in [6.45, 7) is 0. The molecule has 0 saturated heterocycles. The molecule has 642 valence electrons. The molecule has 139 heavy (non-hydrogen) atoms. The van der Waals surface area contributed by atoms with Gasteiger partial charge in [-0.25, -0.2) is 29.9 Å². The monoisotopic (exact) mass is 1790 g/mol. The Labute approximate surface area is 792 Å². The van der Waals surface area contributed by atoms with E-state index in [1.807, 2.05) is 35.6 Å². The van der Waals surface area contributed by atoms with Gasteiger partial charge < -0.3 is 13.3 Å². The van der Waals surface area contributed by atoms with Gasteiger partial charge in [-0.2, -0.15) is 0 Å². The molecule has 10 heterocycles. The highest BCUT2D eigenvalue weighted by Crippen LogP contribution is 2.54. The van der Waals surface area contributed by atoms with Crippen LogP contribution in [0.5, 0.6) is 0 Å². The third-order valence-corrected chi connectivity index (χ3v) is 30.3. The molecule has 0 spiro atoms. The molecule has 33 aromatic rings. The molecule has 0 N–H and O–H groups in total. The smallest absolute Gasteiger partial charge is 0.235 e. The highest BCUT2D eigenvalue weighted by Gasteiger charge is 2.31. The van der Waals surface area contributed by atoms with Gasteiger partial charge in [0.1, 0.15) is 39.2 Å². The molecule has 10 aromatic heterocycles. The van der Waals surface area contributed by atoms with E-state index in [9.17, 15) is 0 Å². The first-order valence-corrected chi connectivity index (χ1v) is 47.8. The number of rotatable bonds is 7. The lowest BCUT2D eigenvalue weighted by molar-refractivity contribution is 0.669. The minimum absolute atomic E-state index is 0.644. The van der Waals surface area contributed by atoms with Crippen LogP contribution in [0.4, 0.5) is 0 Å². The van der Waals surface area contributed by atoms with Crippen molar-refractivity contribution >= 4 is 260 Å². The molecule has 0 aliphatic rings. The SMILES string of the molecule is c1ccc(-c2cccc(-c3nc(-n4c5cccc6c7ccccc7c7cccc8oc9ccc4c(c9c87)c65)nc4ccccc34)c2)cc1.c1ccc(-c2nc(-n3c4cccc5c6ccccc6c6cccc7oc8ccc3c(c8c76)c54)nc3ccccc23)cc1.c1ccc2nc(-n3c4cccc5c6ccccc6c6cccc7oc8ccc3c(c8c76)c54)c(-c3cccc4c3sc3ccccc34)nc2c1. The number of furan rings is 3. The van der Waals surface area contributed by atoms with Crippen LogP contribution in [0.3, 0.4) is 0 Å². The van der Waals surface area contributed by atoms with E-state index in [1.54, 1.807) is 0 Å². The van der Waals surface area contributed by atoms with E-state index in [4.69, 9.17) is 43.2 Å². The van der Waals surface area contributed by atoms with Crippen LogP contribution in [0, 0.1) is 0 Å². The summed E-state index contributed by atoms with van der Waals surface area (Å²) in [6, 6.07) is 148. The standard InChI is InChI=1S/C44H23N3OS.C44H25N3O.C38H21N3O/c1-2-11-25-24(10-1)27-13-8-19-33-38(27)40-34(22-23-36-41(40)39-28(25)14-9-20-35(39)48-36)47(33)44-42(45-31-17-4-5-18-32(31)46-44)30-16-7-15-29-26-12-3-6-21-37(26)49-43(29)30;1-2-11-26(12-3-1)27-13-8-14-28(25-27)43-33-17-6-7-20-34(33)45-44(46-43)47-35-21-9-18-31-29-15-4-5-16-30(29)32-19-10-22-37-40(32)42-38(48-37)24-23-36(47)41(42)39(31)35;1-2-10-22(11-3-1)37-27-14-6-7-17-28(27)39-38(40-37)41-29-18-8-15-25-23-12-4-5-13-24(23)26-16-9-19-31-34(26)36-32(42-31)21-20-30(41)35(36)33(25)29/h1-23H;1-25H;1-21H. The molecule has 33 rings (SSSR count).